The van der Waals surface area contributed by atoms with Crippen LogP contribution in [0.5, 0.6) is 0 Å². The van der Waals surface area contributed by atoms with Gasteiger partial charge in [-0.3, -0.25) is 0 Å². The molecule has 2 unspecified atom stereocenters. The zero-order valence-corrected chi connectivity index (χ0v) is 11.4. The molecule has 1 saturated heterocycles. The monoisotopic (exact) mass is 275 g/mol. The van der Waals surface area contributed by atoms with Crippen molar-refractivity contribution in [1.29, 1.82) is 0 Å². The lowest BCUT2D eigenvalue weighted by Crippen LogP contribution is -2.22. The van der Waals surface area contributed by atoms with Gasteiger partial charge in [-0.1, -0.05) is 13.0 Å². The standard InChI is InChI=1S/C15H18FN3O/c1-10-4-7-19(9-10)13-8-11(16)2-3-12(13)14(20)15-17-5-6-18-15/h2-3,5-6,8,10,14,20H,4,7,9H2,1H3,(H,17,18). The third-order valence-electron chi connectivity index (χ3n) is 3.83. The zero-order chi connectivity index (χ0) is 14.1. The SMILES string of the molecule is CC1CCN(c2cc(F)ccc2C(O)c2ncc[nH]2)C1. The fraction of sp³-hybridized carbons (Fsp3) is 0.400. The highest BCUT2D eigenvalue weighted by Gasteiger charge is 2.25. The summed E-state index contributed by atoms with van der Waals surface area (Å²) in [7, 11) is 0. The number of nitrogens with one attached hydrogen (secondary N) is 1. The summed E-state index contributed by atoms with van der Waals surface area (Å²) in [5.41, 5.74) is 1.45. The molecule has 5 heteroatoms. The van der Waals surface area contributed by atoms with Crippen molar-refractivity contribution in [2.75, 3.05) is 18.0 Å². The molecular formula is C15H18FN3O. The Morgan fingerprint density at radius 3 is 3.00 bits per heavy atom. The minimum Gasteiger partial charge on any atom is -0.380 e. The van der Waals surface area contributed by atoms with Gasteiger partial charge in [-0.25, -0.2) is 9.37 Å². The van der Waals surface area contributed by atoms with Gasteiger partial charge in [-0.05, 0) is 24.5 Å². The molecule has 0 saturated carbocycles. The number of imidazole rings is 1. The molecule has 3 rings (SSSR count). The van der Waals surface area contributed by atoms with Crippen molar-refractivity contribution < 1.29 is 9.50 Å². The highest BCUT2D eigenvalue weighted by molar-refractivity contribution is 5.56. The number of H-pyrrole nitrogens is 1. The predicted molar refractivity (Wildman–Crippen MR) is 75.0 cm³/mol. The van der Waals surface area contributed by atoms with Crippen LogP contribution in [0.1, 0.15) is 30.8 Å². The van der Waals surface area contributed by atoms with Crippen LogP contribution in [-0.4, -0.2) is 28.2 Å². The Morgan fingerprint density at radius 2 is 2.35 bits per heavy atom. The van der Waals surface area contributed by atoms with Gasteiger partial charge in [0, 0.05) is 36.7 Å². The third-order valence-corrected chi connectivity index (χ3v) is 3.83. The largest absolute Gasteiger partial charge is 0.380 e. The predicted octanol–water partition coefficient (Wildman–Crippen LogP) is 2.48. The van der Waals surface area contributed by atoms with Gasteiger partial charge in [0.25, 0.3) is 0 Å². The third kappa shape index (κ3) is 2.41. The van der Waals surface area contributed by atoms with Crippen LogP contribution < -0.4 is 4.90 Å². The summed E-state index contributed by atoms with van der Waals surface area (Å²) in [6.07, 6.45) is 3.49. The quantitative estimate of drug-likeness (QED) is 0.904. The van der Waals surface area contributed by atoms with Gasteiger partial charge in [0.05, 0.1) is 0 Å². The number of nitrogens with zero attached hydrogens (tertiary/aromatic N) is 2. The van der Waals surface area contributed by atoms with Gasteiger partial charge in [0.15, 0.2) is 0 Å². The summed E-state index contributed by atoms with van der Waals surface area (Å²) >= 11 is 0. The van der Waals surface area contributed by atoms with Crippen LogP contribution in [0.2, 0.25) is 0 Å². The molecule has 1 aromatic heterocycles. The van der Waals surface area contributed by atoms with E-state index in [1.807, 2.05) is 0 Å². The van der Waals surface area contributed by atoms with E-state index in [0.717, 1.165) is 25.2 Å². The number of halogens is 1. The average Bonchev–Trinajstić information content (AvgIpc) is 3.09. The van der Waals surface area contributed by atoms with Gasteiger partial charge in [0.1, 0.15) is 17.7 Å². The molecule has 0 radical (unpaired) electrons. The molecule has 106 valence electrons. The van der Waals surface area contributed by atoms with E-state index in [4.69, 9.17) is 0 Å². The Hall–Kier alpha value is -1.88. The number of anilines is 1. The first-order valence-corrected chi connectivity index (χ1v) is 6.87. The molecule has 0 bridgehead atoms. The summed E-state index contributed by atoms with van der Waals surface area (Å²) in [6.45, 7) is 3.96. The summed E-state index contributed by atoms with van der Waals surface area (Å²) in [5, 5.41) is 10.4. The molecule has 1 aliphatic rings. The lowest BCUT2D eigenvalue weighted by atomic mass is 10.1. The number of hydrogen-bond acceptors (Lipinski definition) is 3. The van der Waals surface area contributed by atoms with E-state index in [-0.39, 0.29) is 5.82 Å². The molecule has 2 heterocycles. The minimum absolute atomic E-state index is 0.282. The maximum Gasteiger partial charge on any atom is 0.139 e. The lowest BCUT2D eigenvalue weighted by molar-refractivity contribution is 0.211. The summed E-state index contributed by atoms with van der Waals surface area (Å²) < 4.78 is 13.6. The molecule has 0 amide bonds. The topological polar surface area (TPSA) is 52.1 Å². The second kappa shape index (κ2) is 5.25. The number of aliphatic hydroxyl groups is 1. The fourth-order valence-electron chi connectivity index (χ4n) is 2.75. The average molecular weight is 275 g/mol. The van der Waals surface area contributed by atoms with E-state index in [0.29, 0.717) is 17.3 Å². The number of aromatic nitrogens is 2. The van der Waals surface area contributed by atoms with Crippen LogP contribution in [0.15, 0.2) is 30.6 Å². The number of aromatic amines is 1. The van der Waals surface area contributed by atoms with Crippen LogP contribution in [0.25, 0.3) is 0 Å². The van der Waals surface area contributed by atoms with Crippen molar-refractivity contribution in [3.05, 3.63) is 47.8 Å². The molecule has 2 atom stereocenters. The maximum atomic E-state index is 13.6. The second-order valence-electron chi connectivity index (χ2n) is 5.42. The van der Waals surface area contributed by atoms with Crippen molar-refractivity contribution in [2.45, 2.75) is 19.4 Å². The Morgan fingerprint density at radius 1 is 1.50 bits per heavy atom. The molecule has 0 spiro atoms. The Bertz CT molecular complexity index is 585. The second-order valence-corrected chi connectivity index (χ2v) is 5.42. The summed E-state index contributed by atoms with van der Waals surface area (Å²) in [6, 6.07) is 4.52. The van der Waals surface area contributed by atoms with Gasteiger partial charge in [-0.2, -0.15) is 0 Å². The summed E-state index contributed by atoms with van der Waals surface area (Å²) in [4.78, 5) is 9.12. The molecule has 1 aromatic carbocycles. The smallest absolute Gasteiger partial charge is 0.139 e. The number of benzene rings is 1. The molecule has 4 nitrogen and oxygen atoms in total. The van der Waals surface area contributed by atoms with E-state index >= 15 is 0 Å². The normalized spacial score (nSPS) is 20.4. The maximum absolute atomic E-state index is 13.6. The van der Waals surface area contributed by atoms with Crippen LogP contribution in [0, 0.1) is 11.7 Å². The first-order valence-electron chi connectivity index (χ1n) is 6.87. The Labute approximate surface area is 117 Å². The molecule has 2 N–H and O–H groups in total. The number of aliphatic hydroxyl groups excluding tert-OH is 1. The van der Waals surface area contributed by atoms with Crippen LogP contribution in [0.3, 0.4) is 0 Å². The van der Waals surface area contributed by atoms with E-state index < -0.39 is 6.10 Å². The first-order chi connectivity index (χ1) is 9.65. The highest BCUT2D eigenvalue weighted by atomic mass is 19.1. The Balaban J connectivity index is 1.98. The fourth-order valence-corrected chi connectivity index (χ4v) is 2.75. The highest BCUT2D eigenvalue weighted by Crippen LogP contribution is 2.33. The van der Waals surface area contributed by atoms with E-state index in [2.05, 4.69) is 21.8 Å². The van der Waals surface area contributed by atoms with E-state index in [1.165, 1.54) is 12.1 Å². The minimum atomic E-state index is -0.864. The van der Waals surface area contributed by atoms with Gasteiger partial charge in [0.2, 0.25) is 0 Å². The van der Waals surface area contributed by atoms with E-state index in [9.17, 15) is 9.50 Å². The van der Waals surface area contributed by atoms with Gasteiger partial charge < -0.3 is 15.0 Å². The van der Waals surface area contributed by atoms with Crippen molar-refractivity contribution in [3.8, 4) is 0 Å². The molecule has 1 fully saturated rings. The van der Waals surface area contributed by atoms with Crippen molar-refractivity contribution in [1.82, 2.24) is 9.97 Å². The van der Waals surface area contributed by atoms with Gasteiger partial charge in [-0.15, -0.1) is 0 Å². The van der Waals surface area contributed by atoms with E-state index in [1.54, 1.807) is 18.5 Å². The molecule has 20 heavy (non-hydrogen) atoms. The molecule has 1 aliphatic heterocycles. The lowest BCUT2D eigenvalue weighted by Gasteiger charge is -2.23. The molecule has 2 aromatic rings. The summed E-state index contributed by atoms with van der Waals surface area (Å²) in [5.74, 6) is 0.784. The van der Waals surface area contributed by atoms with Crippen LogP contribution >= 0.6 is 0 Å². The molecular weight excluding hydrogens is 257 g/mol. The van der Waals surface area contributed by atoms with Crippen LogP contribution in [0.4, 0.5) is 10.1 Å². The zero-order valence-electron chi connectivity index (χ0n) is 11.4. The number of hydrogen-bond donors (Lipinski definition) is 2. The van der Waals surface area contributed by atoms with Crippen molar-refractivity contribution >= 4 is 5.69 Å². The van der Waals surface area contributed by atoms with Gasteiger partial charge >= 0.3 is 0 Å². The number of rotatable bonds is 3. The first kappa shape index (κ1) is 13.1. The van der Waals surface area contributed by atoms with Crippen molar-refractivity contribution in [2.24, 2.45) is 5.92 Å². The molecule has 0 aliphatic carbocycles. The van der Waals surface area contributed by atoms with Crippen LogP contribution in [-0.2, 0) is 0 Å². The van der Waals surface area contributed by atoms with Crippen molar-refractivity contribution in [3.63, 3.8) is 0 Å². The Kier molecular flexibility index (Phi) is 3.44.